The molecule has 0 aliphatic rings. The second-order valence-electron chi connectivity index (χ2n) is 3.66. The number of carbonyl (C=O) groups excluding carboxylic acids is 1. The molecule has 0 unspecified atom stereocenters. The maximum absolute atomic E-state index is 11.8. The van der Waals surface area contributed by atoms with Crippen molar-refractivity contribution in [3.8, 4) is 0 Å². The van der Waals surface area contributed by atoms with Gasteiger partial charge in [-0.3, -0.25) is 9.89 Å². The van der Waals surface area contributed by atoms with Gasteiger partial charge in [0.2, 0.25) is 5.82 Å². The van der Waals surface area contributed by atoms with Gasteiger partial charge in [-0.15, -0.1) is 5.10 Å². The number of benzene rings is 1. The molecular formula is C11H11ClN4O. The van der Waals surface area contributed by atoms with Crippen LogP contribution in [0.2, 0.25) is 5.02 Å². The fourth-order valence-corrected chi connectivity index (χ4v) is 1.52. The van der Waals surface area contributed by atoms with Crippen molar-refractivity contribution in [3.05, 3.63) is 40.4 Å². The van der Waals surface area contributed by atoms with Crippen molar-refractivity contribution in [1.82, 2.24) is 15.2 Å². The zero-order valence-corrected chi connectivity index (χ0v) is 10.2. The van der Waals surface area contributed by atoms with Crippen molar-refractivity contribution in [3.63, 3.8) is 0 Å². The SMILES string of the molecule is Cc1nc(C(=O)Nc2cc(Cl)ccc2C)n[nH]1. The number of hydrogen-bond donors (Lipinski definition) is 2. The molecule has 0 aliphatic carbocycles. The van der Waals surface area contributed by atoms with Crippen molar-refractivity contribution >= 4 is 23.2 Å². The molecule has 0 saturated heterocycles. The Morgan fingerprint density at radius 3 is 2.82 bits per heavy atom. The first kappa shape index (κ1) is 11.6. The third-order valence-corrected chi connectivity index (χ3v) is 2.48. The highest BCUT2D eigenvalue weighted by Gasteiger charge is 2.12. The van der Waals surface area contributed by atoms with Crippen LogP contribution in [0.25, 0.3) is 0 Å². The van der Waals surface area contributed by atoms with Gasteiger partial charge < -0.3 is 5.32 Å². The summed E-state index contributed by atoms with van der Waals surface area (Å²) >= 11 is 5.86. The quantitative estimate of drug-likeness (QED) is 0.859. The van der Waals surface area contributed by atoms with Crippen LogP contribution in [-0.4, -0.2) is 21.1 Å². The van der Waals surface area contributed by atoms with Crippen molar-refractivity contribution in [1.29, 1.82) is 0 Å². The molecule has 1 aromatic heterocycles. The van der Waals surface area contributed by atoms with Gasteiger partial charge in [-0.1, -0.05) is 17.7 Å². The van der Waals surface area contributed by atoms with E-state index in [1.165, 1.54) is 0 Å². The zero-order chi connectivity index (χ0) is 12.4. The number of aromatic nitrogens is 3. The molecule has 0 fully saturated rings. The molecule has 2 N–H and O–H groups in total. The Kier molecular flexibility index (Phi) is 3.10. The van der Waals surface area contributed by atoms with E-state index < -0.39 is 0 Å². The predicted octanol–water partition coefficient (Wildman–Crippen LogP) is 2.33. The summed E-state index contributed by atoms with van der Waals surface area (Å²) in [6.07, 6.45) is 0. The summed E-state index contributed by atoms with van der Waals surface area (Å²) < 4.78 is 0. The minimum absolute atomic E-state index is 0.113. The molecule has 0 radical (unpaired) electrons. The van der Waals surface area contributed by atoms with Gasteiger partial charge in [-0.25, -0.2) is 4.98 Å². The fourth-order valence-electron chi connectivity index (χ4n) is 1.35. The Balaban J connectivity index is 2.21. The van der Waals surface area contributed by atoms with Crippen LogP contribution < -0.4 is 5.32 Å². The summed E-state index contributed by atoms with van der Waals surface area (Å²) in [5.74, 6) is 0.347. The molecule has 0 bridgehead atoms. The number of amides is 1. The van der Waals surface area contributed by atoms with Crippen molar-refractivity contribution in [2.75, 3.05) is 5.32 Å². The molecule has 1 amide bonds. The van der Waals surface area contributed by atoms with Crippen LogP contribution in [0.3, 0.4) is 0 Å². The number of hydrogen-bond acceptors (Lipinski definition) is 3. The molecule has 0 aliphatic heterocycles. The Bertz CT molecular complexity index is 564. The number of anilines is 1. The molecule has 0 saturated carbocycles. The van der Waals surface area contributed by atoms with Gasteiger partial charge in [0.25, 0.3) is 5.91 Å². The van der Waals surface area contributed by atoms with E-state index in [4.69, 9.17) is 11.6 Å². The first-order valence-electron chi connectivity index (χ1n) is 5.03. The van der Waals surface area contributed by atoms with Gasteiger partial charge in [0.15, 0.2) is 0 Å². The van der Waals surface area contributed by atoms with Crippen molar-refractivity contribution < 1.29 is 4.79 Å². The minimum Gasteiger partial charge on any atom is -0.319 e. The van der Waals surface area contributed by atoms with Crippen LogP contribution in [0.4, 0.5) is 5.69 Å². The van der Waals surface area contributed by atoms with Gasteiger partial charge in [0, 0.05) is 10.7 Å². The van der Waals surface area contributed by atoms with Crippen LogP contribution in [0, 0.1) is 13.8 Å². The maximum Gasteiger partial charge on any atom is 0.295 e. The molecular weight excluding hydrogens is 240 g/mol. The number of carbonyl (C=O) groups is 1. The normalized spacial score (nSPS) is 10.3. The lowest BCUT2D eigenvalue weighted by molar-refractivity contribution is 0.101. The number of aromatic amines is 1. The fraction of sp³-hybridized carbons (Fsp3) is 0.182. The van der Waals surface area contributed by atoms with E-state index in [-0.39, 0.29) is 11.7 Å². The Hall–Kier alpha value is -1.88. The molecule has 1 aromatic carbocycles. The molecule has 5 nitrogen and oxygen atoms in total. The summed E-state index contributed by atoms with van der Waals surface area (Å²) in [4.78, 5) is 15.7. The van der Waals surface area contributed by atoms with E-state index >= 15 is 0 Å². The molecule has 0 spiro atoms. The second-order valence-corrected chi connectivity index (χ2v) is 4.09. The van der Waals surface area contributed by atoms with Crippen LogP contribution in [0.15, 0.2) is 18.2 Å². The number of halogens is 1. The van der Waals surface area contributed by atoms with Gasteiger partial charge in [-0.2, -0.15) is 0 Å². The Morgan fingerprint density at radius 1 is 1.41 bits per heavy atom. The van der Waals surface area contributed by atoms with Crippen molar-refractivity contribution in [2.24, 2.45) is 0 Å². The topological polar surface area (TPSA) is 70.7 Å². The summed E-state index contributed by atoms with van der Waals surface area (Å²) in [5.41, 5.74) is 1.58. The summed E-state index contributed by atoms with van der Waals surface area (Å²) in [5, 5.41) is 9.68. The first-order valence-corrected chi connectivity index (χ1v) is 5.40. The molecule has 0 atom stereocenters. The van der Waals surface area contributed by atoms with E-state index in [0.29, 0.717) is 16.5 Å². The zero-order valence-electron chi connectivity index (χ0n) is 9.41. The highest BCUT2D eigenvalue weighted by molar-refractivity contribution is 6.31. The van der Waals surface area contributed by atoms with Gasteiger partial charge in [-0.05, 0) is 31.5 Å². The van der Waals surface area contributed by atoms with Gasteiger partial charge >= 0.3 is 0 Å². The number of aryl methyl sites for hydroxylation is 2. The molecule has 2 rings (SSSR count). The monoisotopic (exact) mass is 250 g/mol. The molecule has 88 valence electrons. The summed E-state index contributed by atoms with van der Waals surface area (Å²) in [6, 6.07) is 5.29. The van der Waals surface area contributed by atoms with E-state index in [0.717, 1.165) is 5.56 Å². The highest BCUT2D eigenvalue weighted by atomic mass is 35.5. The van der Waals surface area contributed by atoms with Crippen LogP contribution in [0.1, 0.15) is 22.0 Å². The molecule has 6 heteroatoms. The standard InChI is InChI=1S/C11H11ClN4O/c1-6-3-4-8(12)5-9(6)14-11(17)10-13-7(2)15-16-10/h3-5H,1-2H3,(H,14,17)(H,13,15,16). The lowest BCUT2D eigenvalue weighted by atomic mass is 10.2. The first-order chi connectivity index (χ1) is 8.06. The Morgan fingerprint density at radius 2 is 2.18 bits per heavy atom. The van der Waals surface area contributed by atoms with Crippen molar-refractivity contribution in [2.45, 2.75) is 13.8 Å². The third kappa shape index (κ3) is 2.62. The van der Waals surface area contributed by atoms with Gasteiger partial charge in [0.05, 0.1) is 0 Å². The molecule has 1 heterocycles. The van der Waals surface area contributed by atoms with Crippen LogP contribution in [-0.2, 0) is 0 Å². The van der Waals surface area contributed by atoms with E-state index in [1.54, 1.807) is 19.1 Å². The average Bonchev–Trinajstić information content (AvgIpc) is 2.70. The van der Waals surface area contributed by atoms with Crippen LogP contribution >= 0.6 is 11.6 Å². The largest absolute Gasteiger partial charge is 0.319 e. The number of H-pyrrole nitrogens is 1. The lowest BCUT2D eigenvalue weighted by Crippen LogP contribution is -2.14. The predicted molar refractivity (Wildman–Crippen MR) is 65.3 cm³/mol. The van der Waals surface area contributed by atoms with E-state index in [9.17, 15) is 4.79 Å². The number of nitrogens with zero attached hydrogens (tertiary/aromatic N) is 2. The minimum atomic E-state index is -0.361. The number of nitrogens with one attached hydrogen (secondary N) is 2. The number of rotatable bonds is 2. The second kappa shape index (κ2) is 4.55. The summed E-state index contributed by atoms with van der Waals surface area (Å²) in [6.45, 7) is 3.61. The maximum atomic E-state index is 11.8. The van der Waals surface area contributed by atoms with E-state index in [1.807, 2.05) is 13.0 Å². The average molecular weight is 251 g/mol. The van der Waals surface area contributed by atoms with E-state index in [2.05, 4.69) is 20.5 Å². The highest BCUT2D eigenvalue weighted by Crippen LogP contribution is 2.20. The van der Waals surface area contributed by atoms with Gasteiger partial charge in [0.1, 0.15) is 5.82 Å². The lowest BCUT2D eigenvalue weighted by Gasteiger charge is -2.06. The third-order valence-electron chi connectivity index (χ3n) is 2.25. The van der Waals surface area contributed by atoms with Crippen LogP contribution in [0.5, 0.6) is 0 Å². The Labute approximate surface area is 103 Å². The molecule has 17 heavy (non-hydrogen) atoms. The smallest absolute Gasteiger partial charge is 0.295 e. The molecule has 2 aromatic rings. The summed E-state index contributed by atoms with van der Waals surface area (Å²) in [7, 11) is 0.